The summed E-state index contributed by atoms with van der Waals surface area (Å²) in [4.78, 5) is 64.3. The summed E-state index contributed by atoms with van der Waals surface area (Å²) in [5, 5.41) is 0. The largest absolute Gasteiger partial charge is 0.444 e. The number of hydroxylamine groups is 1. The van der Waals surface area contributed by atoms with Gasteiger partial charge < -0.3 is 9.47 Å². The number of ketones is 1. The van der Waals surface area contributed by atoms with Gasteiger partial charge in [-0.25, -0.2) is 21.0 Å². The first-order valence-corrected chi connectivity index (χ1v) is 17.0. The van der Waals surface area contributed by atoms with Gasteiger partial charge in [0, 0.05) is 19.6 Å². The summed E-state index contributed by atoms with van der Waals surface area (Å²) in [5.74, 6) is 1.89. The highest BCUT2D eigenvalue weighted by Gasteiger charge is 2.56. The lowest BCUT2D eigenvalue weighted by Gasteiger charge is -2.44. The third-order valence-electron chi connectivity index (χ3n) is 8.63. The summed E-state index contributed by atoms with van der Waals surface area (Å²) >= 11 is 0. The number of Topliss-reactive ketones (excluding diaryl/α,β-unsaturated/α-hetero) is 1. The number of nitrogens with one attached hydrogen (secondary N) is 2. The zero-order valence-electron chi connectivity index (χ0n) is 29.3. The molecule has 1 aromatic rings. The Balaban J connectivity index is 2.25. The summed E-state index contributed by atoms with van der Waals surface area (Å²) < 4.78 is 11.4. The van der Waals surface area contributed by atoms with Crippen LogP contribution in [0.2, 0.25) is 0 Å². The highest BCUT2D eigenvalue weighted by atomic mass is 16.8. The van der Waals surface area contributed by atoms with E-state index in [9.17, 15) is 14.4 Å². The summed E-state index contributed by atoms with van der Waals surface area (Å²) in [6.07, 6.45) is 6.22. The van der Waals surface area contributed by atoms with Gasteiger partial charge in [-0.2, -0.15) is 0 Å². The third kappa shape index (κ3) is 10.6. The Labute approximate surface area is 280 Å². The molecule has 2 unspecified atom stereocenters. The smallest absolute Gasteiger partial charge is 0.410 e. The number of hydrogen-bond acceptors (Lipinski definition) is 8. The van der Waals surface area contributed by atoms with Crippen molar-refractivity contribution in [2.24, 2.45) is 34.9 Å². The van der Waals surface area contributed by atoms with Crippen LogP contribution in [0.25, 0.3) is 6.08 Å². The number of hydrazine groups is 1. The van der Waals surface area contributed by atoms with Crippen LogP contribution in [-0.2, 0) is 28.7 Å². The van der Waals surface area contributed by atoms with Crippen LogP contribution in [0.1, 0.15) is 99.0 Å². The van der Waals surface area contributed by atoms with Crippen molar-refractivity contribution in [3.63, 3.8) is 0 Å². The molecule has 11 nitrogen and oxygen atoms in total. The molecule has 0 spiro atoms. The Bertz CT molecular complexity index is 1220. The van der Waals surface area contributed by atoms with Gasteiger partial charge in [-0.05, 0) is 76.7 Å². The molecule has 262 valence electrons. The number of carbonyl (C=O) groups is 4. The van der Waals surface area contributed by atoms with E-state index in [-0.39, 0.29) is 30.5 Å². The van der Waals surface area contributed by atoms with E-state index in [0.717, 1.165) is 18.4 Å². The zero-order chi connectivity index (χ0) is 34.8. The highest BCUT2D eigenvalue weighted by molar-refractivity contribution is 6.00. The highest BCUT2D eigenvalue weighted by Crippen LogP contribution is 2.47. The zero-order valence-corrected chi connectivity index (χ0v) is 29.3. The second-order valence-corrected chi connectivity index (χ2v) is 14.7. The average molecular weight is 657 g/mol. The van der Waals surface area contributed by atoms with Crippen LogP contribution in [-0.4, -0.2) is 59.7 Å². The number of nitrogens with two attached hydrogens (primary N) is 1. The molecule has 0 aromatic heterocycles. The van der Waals surface area contributed by atoms with Gasteiger partial charge in [0.2, 0.25) is 11.8 Å². The van der Waals surface area contributed by atoms with Gasteiger partial charge in [0.05, 0.1) is 23.3 Å². The summed E-state index contributed by atoms with van der Waals surface area (Å²) in [5.41, 5.74) is 3.37. The number of carbonyl (C=O) groups excluding carboxylic acids is 4. The van der Waals surface area contributed by atoms with E-state index in [1.165, 1.54) is 4.90 Å². The monoisotopic (exact) mass is 656 g/mol. The number of benzene rings is 1. The van der Waals surface area contributed by atoms with Crippen molar-refractivity contribution < 1.29 is 33.5 Å². The minimum atomic E-state index is -1.55. The van der Waals surface area contributed by atoms with Gasteiger partial charge in [0.15, 0.2) is 12.1 Å². The van der Waals surface area contributed by atoms with Crippen LogP contribution >= 0.6 is 0 Å². The standard InChI is InChI=1S/C36H56N4O7/c1-24(2)22-27(32(42)38-37)30(33(43)39-47-29-17-11-12-21-45-29)36(23-25(3)4,19-18-26-14-9-8-10-15-26)31(41)28-16-13-20-40(28)34(44)46-35(5,6)7/h8-10,14-15,18-19,24-25,27-30H,11-13,16-17,20-23,37H2,1-7H3,(H,38,42)(H,39,43)/b19-18+/t27-,28+,29?,30-,36?/m1/s1. The van der Waals surface area contributed by atoms with Crippen molar-refractivity contribution in [3.8, 4) is 0 Å². The first-order valence-electron chi connectivity index (χ1n) is 17.0. The minimum Gasteiger partial charge on any atom is -0.444 e. The van der Waals surface area contributed by atoms with Gasteiger partial charge in [-0.1, -0.05) is 70.2 Å². The second-order valence-electron chi connectivity index (χ2n) is 14.7. The van der Waals surface area contributed by atoms with Gasteiger partial charge in [0.1, 0.15) is 5.60 Å². The van der Waals surface area contributed by atoms with Crippen molar-refractivity contribution in [2.45, 2.75) is 111 Å². The summed E-state index contributed by atoms with van der Waals surface area (Å²) in [6, 6.07) is 8.60. The number of rotatable bonds is 14. The fraction of sp³-hybridized carbons (Fsp3) is 0.667. The second kappa shape index (κ2) is 17.2. The normalized spacial score (nSPS) is 21.4. The molecule has 3 amide bonds. The summed E-state index contributed by atoms with van der Waals surface area (Å²) in [7, 11) is 0. The average Bonchev–Trinajstić information content (AvgIpc) is 3.51. The van der Waals surface area contributed by atoms with Crippen molar-refractivity contribution in [2.75, 3.05) is 13.2 Å². The van der Waals surface area contributed by atoms with Crippen LogP contribution < -0.4 is 16.7 Å². The molecule has 5 atom stereocenters. The lowest BCUT2D eigenvalue weighted by Crippen LogP contribution is -2.58. The molecule has 0 bridgehead atoms. The number of allylic oxidation sites excluding steroid dienone is 1. The van der Waals surface area contributed by atoms with Gasteiger partial charge in [-0.3, -0.25) is 24.7 Å². The Hall–Kier alpha value is -3.28. The molecule has 0 aliphatic carbocycles. The van der Waals surface area contributed by atoms with Gasteiger partial charge in [-0.15, -0.1) is 0 Å². The van der Waals surface area contributed by atoms with E-state index in [4.69, 9.17) is 20.2 Å². The Kier molecular flexibility index (Phi) is 14.0. The van der Waals surface area contributed by atoms with Crippen molar-refractivity contribution in [1.82, 2.24) is 15.8 Å². The Morgan fingerprint density at radius 3 is 2.28 bits per heavy atom. The van der Waals surface area contributed by atoms with E-state index in [1.807, 2.05) is 64.1 Å². The predicted molar refractivity (Wildman–Crippen MR) is 180 cm³/mol. The summed E-state index contributed by atoms with van der Waals surface area (Å²) in [6.45, 7) is 14.0. The van der Waals surface area contributed by atoms with Gasteiger partial charge in [0.25, 0.3) is 0 Å². The molecule has 4 N–H and O–H groups in total. The van der Waals surface area contributed by atoms with Gasteiger partial charge >= 0.3 is 6.09 Å². The van der Waals surface area contributed by atoms with E-state index in [0.29, 0.717) is 32.4 Å². The molecule has 2 saturated heterocycles. The molecule has 47 heavy (non-hydrogen) atoms. The molecule has 2 aliphatic heterocycles. The lowest BCUT2D eigenvalue weighted by atomic mass is 9.59. The number of hydrogen-bond donors (Lipinski definition) is 3. The number of amides is 3. The topological polar surface area (TPSA) is 149 Å². The molecule has 0 radical (unpaired) electrons. The molecule has 3 rings (SSSR count). The number of nitrogens with zero attached hydrogens (tertiary/aromatic N) is 1. The third-order valence-corrected chi connectivity index (χ3v) is 8.63. The van der Waals surface area contributed by atoms with E-state index in [2.05, 4.69) is 10.9 Å². The van der Waals surface area contributed by atoms with Crippen LogP contribution in [0.4, 0.5) is 4.79 Å². The molecule has 0 saturated carbocycles. The molecular weight excluding hydrogens is 600 g/mol. The van der Waals surface area contributed by atoms with E-state index < -0.39 is 53.1 Å². The molecule has 2 aliphatic rings. The van der Waals surface area contributed by atoms with Crippen molar-refractivity contribution in [1.29, 1.82) is 0 Å². The maximum Gasteiger partial charge on any atom is 0.410 e. The fourth-order valence-electron chi connectivity index (χ4n) is 6.78. The molecule has 2 heterocycles. The van der Waals surface area contributed by atoms with E-state index in [1.54, 1.807) is 26.8 Å². The predicted octanol–water partition coefficient (Wildman–Crippen LogP) is 5.54. The SMILES string of the molecule is CC(C)C[C@@H](C(=O)NN)[C@H](C(=O)NOC1CCCCO1)C(/C=C/c1ccccc1)(CC(C)C)C(=O)[C@@H]1CCCN1C(=O)OC(C)(C)C. The number of ether oxygens (including phenoxy) is 2. The maximum absolute atomic E-state index is 15.3. The molecule has 11 heteroatoms. The first kappa shape index (κ1) is 38.2. The molecular formula is C36H56N4O7. The first-order chi connectivity index (χ1) is 22.2. The van der Waals surface area contributed by atoms with Crippen LogP contribution in [0.3, 0.4) is 0 Å². The van der Waals surface area contributed by atoms with Crippen LogP contribution in [0.15, 0.2) is 36.4 Å². The van der Waals surface area contributed by atoms with Crippen LogP contribution in [0.5, 0.6) is 0 Å². The molecule has 1 aromatic carbocycles. The lowest BCUT2D eigenvalue weighted by molar-refractivity contribution is -0.205. The Morgan fingerprint density at radius 2 is 1.70 bits per heavy atom. The van der Waals surface area contributed by atoms with Crippen molar-refractivity contribution in [3.05, 3.63) is 42.0 Å². The quantitative estimate of drug-likeness (QED) is 0.134. The Morgan fingerprint density at radius 1 is 1.00 bits per heavy atom. The van der Waals surface area contributed by atoms with E-state index >= 15 is 4.79 Å². The van der Waals surface area contributed by atoms with Crippen molar-refractivity contribution >= 4 is 29.8 Å². The maximum atomic E-state index is 15.3. The molecule has 2 fully saturated rings. The number of likely N-dealkylation sites (tertiary alicyclic amines) is 1. The minimum absolute atomic E-state index is 0.0232. The fourth-order valence-corrected chi connectivity index (χ4v) is 6.78. The van der Waals surface area contributed by atoms with Crippen LogP contribution in [0, 0.1) is 29.1 Å².